The van der Waals surface area contributed by atoms with Gasteiger partial charge in [0, 0.05) is 29.6 Å². The molecule has 2 aromatic rings. The smallest absolute Gasteiger partial charge is 0.0624 e. The standard InChI is InChI=1S/C17H27N3S/c1-4-14-12-16(20(5-2)19-14)13-15(18-3)8-6-9-17-10-7-11-21-17/h7,10-12,15,18H,4-6,8-9,13H2,1-3H3. The Morgan fingerprint density at radius 2 is 2.24 bits per heavy atom. The molecule has 2 aromatic heterocycles. The Hall–Kier alpha value is -1.13. The number of hydrogen-bond donors (Lipinski definition) is 1. The number of aryl methyl sites for hydroxylation is 3. The number of nitrogens with one attached hydrogen (secondary N) is 1. The van der Waals surface area contributed by atoms with Crippen molar-refractivity contribution in [2.75, 3.05) is 7.05 Å². The number of rotatable bonds is 9. The van der Waals surface area contributed by atoms with Gasteiger partial charge in [0.2, 0.25) is 0 Å². The summed E-state index contributed by atoms with van der Waals surface area (Å²) in [6, 6.07) is 7.18. The van der Waals surface area contributed by atoms with Gasteiger partial charge in [0.15, 0.2) is 0 Å². The molecular weight excluding hydrogens is 278 g/mol. The Morgan fingerprint density at radius 3 is 2.86 bits per heavy atom. The van der Waals surface area contributed by atoms with E-state index in [2.05, 4.69) is 59.6 Å². The second-order valence-electron chi connectivity index (χ2n) is 5.46. The maximum atomic E-state index is 4.65. The monoisotopic (exact) mass is 305 g/mol. The fourth-order valence-electron chi connectivity index (χ4n) is 2.70. The molecule has 1 unspecified atom stereocenters. The van der Waals surface area contributed by atoms with Crippen molar-refractivity contribution >= 4 is 11.3 Å². The van der Waals surface area contributed by atoms with Crippen molar-refractivity contribution in [1.82, 2.24) is 15.1 Å². The summed E-state index contributed by atoms with van der Waals surface area (Å²) in [6.07, 6.45) is 5.74. The highest BCUT2D eigenvalue weighted by Gasteiger charge is 2.12. The van der Waals surface area contributed by atoms with Crippen LogP contribution in [0.4, 0.5) is 0 Å². The van der Waals surface area contributed by atoms with E-state index < -0.39 is 0 Å². The third-order valence-electron chi connectivity index (χ3n) is 4.00. The fourth-order valence-corrected chi connectivity index (χ4v) is 3.46. The number of likely N-dealkylation sites (N-methyl/N-ethyl adjacent to an activating group) is 1. The van der Waals surface area contributed by atoms with Gasteiger partial charge in [0.05, 0.1) is 5.69 Å². The van der Waals surface area contributed by atoms with E-state index in [-0.39, 0.29) is 0 Å². The third kappa shape index (κ3) is 4.68. The van der Waals surface area contributed by atoms with Gasteiger partial charge in [-0.1, -0.05) is 13.0 Å². The molecule has 2 heterocycles. The molecular formula is C17H27N3S. The van der Waals surface area contributed by atoms with E-state index in [4.69, 9.17) is 0 Å². The molecule has 0 radical (unpaired) electrons. The molecule has 0 aliphatic heterocycles. The number of thiophene rings is 1. The first-order valence-corrected chi connectivity index (χ1v) is 8.90. The third-order valence-corrected chi connectivity index (χ3v) is 4.93. The zero-order chi connectivity index (χ0) is 15.1. The van der Waals surface area contributed by atoms with Crippen molar-refractivity contribution in [3.05, 3.63) is 39.8 Å². The quantitative estimate of drug-likeness (QED) is 0.766. The molecule has 0 saturated carbocycles. The van der Waals surface area contributed by atoms with Crippen LogP contribution in [0.2, 0.25) is 0 Å². The Kier molecular flexibility index (Phi) is 6.46. The molecule has 0 aliphatic carbocycles. The van der Waals surface area contributed by atoms with Crippen LogP contribution in [0, 0.1) is 0 Å². The Morgan fingerprint density at radius 1 is 1.38 bits per heavy atom. The Labute approximate surface area is 132 Å². The van der Waals surface area contributed by atoms with E-state index in [9.17, 15) is 0 Å². The van der Waals surface area contributed by atoms with Crippen LogP contribution in [0.15, 0.2) is 23.6 Å². The van der Waals surface area contributed by atoms with E-state index in [0.29, 0.717) is 6.04 Å². The van der Waals surface area contributed by atoms with Crippen molar-refractivity contribution in [3.8, 4) is 0 Å². The highest BCUT2D eigenvalue weighted by Crippen LogP contribution is 2.15. The first kappa shape index (κ1) is 16.2. The topological polar surface area (TPSA) is 29.9 Å². The Bertz CT molecular complexity index is 516. The molecule has 3 nitrogen and oxygen atoms in total. The van der Waals surface area contributed by atoms with Crippen LogP contribution >= 0.6 is 11.3 Å². The van der Waals surface area contributed by atoms with Crippen LogP contribution in [0.5, 0.6) is 0 Å². The lowest BCUT2D eigenvalue weighted by Crippen LogP contribution is -2.28. The van der Waals surface area contributed by atoms with Gasteiger partial charge < -0.3 is 5.32 Å². The van der Waals surface area contributed by atoms with Crippen LogP contribution in [0.25, 0.3) is 0 Å². The summed E-state index contributed by atoms with van der Waals surface area (Å²) in [5.74, 6) is 0. The minimum atomic E-state index is 0.539. The molecule has 0 saturated heterocycles. The minimum absolute atomic E-state index is 0.539. The zero-order valence-electron chi connectivity index (χ0n) is 13.4. The molecule has 0 amide bonds. The average Bonchev–Trinajstić information content (AvgIpc) is 3.15. The number of nitrogens with zero attached hydrogens (tertiary/aromatic N) is 2. The van der Waals surface area contributed by atoms with Gasteiger partial charge in [-0.2, -0.15) is 5.10 Å². The summed E-state index contributed by atoms with van der Waals surface area (Å²) in [6.45, 7) is 5.30. The lowest BCUT2D eigenvalue weighted by molar-refractivity contribution is 0.481. The van der Waals surface area contributed by atoms with Gasteiger partial charge in [-0.05, 0) is 57.2 Å². The predicted molar refractivity (Wildman–Crippen MR) is 91.1 cm³/mol. The fraction of sp³-hybridized carbons (Fsp3) is 0.588. The van der Waals surface area contributed by atoms with Crippen LogP contribution in [-0.2, 0) is 25.8 Å². The van der Waals surface area contributed by atoms with Gasteiger partial charge in [-0.3, -0.25) is 4.68 Å². The molecule has 1 N–H and O–H groups in total. The zero-order valence-corrected chi connectivity index (χ0v) is 14.2. The summed E-state index contributed by atoms with van der Waals surface area (Å²) in [7, 11) is 2.07. The van der Waals surface area contributed by atoms with Gasteiger partial charge in [-0.25, -0.2) is 0 Å². The molecule has 116 valence electrons. The van der Waals surface area contributed by atoms with Crippen LogP contribution in [-0.4, -0.2) is 22.9 Å². The lowest BCUT2D eigenvalue weighted by Gasteiger charge is -2.16. The molecule has 0 aromatic carbocycles. The summed E-state index contributed by atoms with van der Waals surface area (Å²) in [4.78, 5) is 1.50. The normalized spacial score (nSPS) is 12.7. The molecule has 4 heteroatoms. The van der Waals surface area contributed by atoms with E-state index in [1.54, 1.807) is 0 Å². The summed E-state index contributed by atoms with van der Waals surface area (Å²) >= 11 is 1.86. The molecule has 0 aliphatic rings. The van der Waals surface area contributed by atoms with Gasteiger partial charge in [0.25, 0.3) is 0 Å². The minimum Gasteiger partial charge on any atom is -0.317 e. The van der Waals surface area contributed by atoms with Crippen molar-refractivity contribution in [2.24, 2.45) is 0 Å². The summed E-state index contributed by atoms with van der Waals surface area (Å²) < 4.78 is 2.16. The van der Waals surface area contributed by atoms with E-state index in [1.807, 2.05) is 11.3 Å². The Balaban J connectivity index is 1.87. The first-order chi connectivity index (χ1) is 10.3. The van der Waals surface area contributed by atoms with Crippen molar-refractivity contribution < 1.29 is 0 Å². The number of aromatic nitrogens is 2. The van der Waals surface area contributed by atoms with Crippen LogP contribution < -0.4 is 5.32 Å². The van der Waals surface area contributed by atoms with Gasteiger partial charge >= 0.3 is 0 Å². The predicted octanol–water partition coefficient (Wildman–Crippen LogP) is 3.68. The van der Waals surface area contributed by atoms with E-state index >= 15 is 0 Å². The summed E-state index contributed by atoms with van der Waals surface area (Å²) in [5, 5.41) is 10.3. The second-order valence-corrected chi connectivity index (χ2v) is 6.49. The molecule has 0 fully saturated rings. The molecule has 0 bridgehead atoms. The summed E-state index contributed by atoms with van der Waals surface area (Å²) in [5.41, 5.74) is 2.57. The first-order valence-electron chi connectivity index (χ1n) is 8.02. The lowest BCUT2D eigenvalue weighted by atomic mass is 10.0. The van der Waals surface area contributed by atoms with Crippen molar-refractivity contribution in [1.29, 1.82) is 0 Å². The molecule has 0 spiro atoms. The number of hydrogen-bond acceptors (Lipinski definition) is 3. The van der Waals surface area contributed by atoms with Crippen LogP contribution in [0.3, 0.4) is 0 Å². The molecule has 1 atom stereocenters. The van der Waals surface area contributed by atoms with Crippen molar-refractivity contribution in [3.63, 3.8) is 0 Å². The van der Waals surface area contributed by atoms with Crippen molar-refractivity contribution in [2.45, 2.75) is 58.5 Å². The maximum Gasteiger partial charge on any atom is 0.0624 e. The second kappa shape index (κ2) is 8.35. The molecule has 21 heavy (non-hydrogen) atoms. The highest BCUT2D eigenvalue weighted by molar-refractivity contribution is 7.09. The van der Waals surface area contributed by atoms with Gasteiger partial charge in [0.1, 0.15) is 0 Å². The SMILES string of the molecule is CCc1cc(CC(CCCc2cccs2)NC)n(CC)n1. The van der Waals surface area contributed by atoms with E-state index in [0.717, 1.165) is 19.4 Å². The van der Waals surface area contributed by atoms with E-state index in [1.165, 1.54) is 35.5 Å². The largest absolute Gasteiger partial charge is 0.317 e. The highest BCUT2D eigenvalue weighted by atomic mass is 32.1. The molecule has 2 rings (SSSR count). The average molecular weight is 305 g/mol. The maximum absolute atomic E-state index is 4.65. The van der Waals surface area contributed by atoms with Gasteiger partial charge in [-0.15, -0.1) is 11.3 Å². The van der Waals surface area contributed by atoms with Crippen LogP contribution in [0.1, 0.15) is 43.0 Å².